The van der Waals surface area contributed by atoms with Crippen LogP contribution < -0.4 is 10.1 Å². The van der Waals surface area contributed by atoms with Gasteiger partial charge >= 0.3 is 12.0 Å². The maximum atomic E-state index is 13.0. The van der Waals surface area contributed by atoms with Crippen LogP contribution in [0, 0.1) is 5.41 Å². The molecule has 0 radical (unpaired) electrons. The van der Waals surface area contributed by atoms with Crippen molar-refractivity contribution >= 4 is 24.0 Å². The Bertz CT molecular complexity index is 978. The standard InChI is InChI=1S/C28H41N3O6/c1-6-36-23-10-8-7-9-21(23)11-12-24(32)30-16-13-28(14-17-30)15-18-31(20-28)26(34)29-22(25(33)35-5)19-37-27(2,3)4/h7-12,22H,6,13-20H2,1-5H3,(H,29,34)/b12-11+/t22-/m0/s1. The molecule has 2 heterocycles. The number of methoxy groups -OCH3 is 1. The van der Waals surface area contributed by atoms with Crippen molar-refractivity contribution in [3.8, 4) is 5.75 Å². The van der Waals surface area contributed by atoms with Gasteiger partial charge in [0, 0.05) is 37.8 Å². The Morgan fingerprint density at radius 3 is 2.35 bits per heavy atom. The van der Waals surface area contributed by atoms with Gasteiger partial charge in [-0.25, -0.2) is 9.59 Å². The lowest BCUT2D eigenvalue weighted by Gasteiger charge is -2.39. The Balaban J connectivity index is 1.52. The molecule has 1 spiro atoms. The number of rotatable bonds is 8. The maximum absolute atomic E-state index is 13.0. The minimum absolute atomic E-state index is 0.0118. The first-order valence-corrected chi connectivity index (χ1v) is 13.0. The van der Waals surface area contributed by atoms with Crippen LogP contribution in [0.2, 0.25) is 0 Å². The van der Waals surface area contributed by atoms with Gasteiger partial charge < -0.3 is 29.3 Å². The average Bonchev–Trinajstić information content (AvgIpc) is 3.28. The second kappa shape index (κ2) is 12.4. The summed E-state index contributed by atoms with van der Waals surface area (Å²) in [6.07, 6.45) is 5.96. The average molecular weight is 516 g/mol. The van der Waals surface area contributed by atoms with Gasteiger partial charge in [0.05, 0.1) is 25.9 Å². The first-order valence-electron chi connectivity index (χ1n) is 13.0. The third-order valence-electron chi connectivity index (χ3n) is 6.95. The number of para-hydroxylation sites is 1. The van der Waals surface area contributed by atoms with E-state index in [1.165, 1.54) is 7.11 Å². The number of carbonyl (C=O) groups is 3. The van der Waals surface area contributed by atoms with Crippen molar-refractivity contribution in [2.24, 2.45) is 5.41 Å². The Labute approximate surface area is 220 Å². The van der Waals surface area contributed by atoms with Crippen LogP contribution in [0.3, 0.4) is 0 Å². The van der Waals surface area contributed by atoms with Crippen LogP contribution in [0.15, 0.2) is 30.3 Å². The van der Waals surface area contributed by atoms with Crippen molar-refractivity contribution in [2.75, 3.05) is 46.5 Å². The molecule has 3 rings (SSSR count). The van der Waals surface area contributed by atoms with E-state index in [0.717, 1.165) is 30.6 Å². The molecule has 0 aromatic heterocycles. The summed E-state index contributed by atoms with van der Waals surface area (Å²) in [5.74, 6) is 0.208. The van der Waals surface area contributed by atoms with Crippen molar-refractivity contribution < 1.29 is 28.6 Å². The van der Waals surface area contributed by atoms with Gasteiger partial charge in [-0.2, -0.15) is 0 Å². The van der Waals surface area contributed by atoms with Crippen LogP contribution in [0.4, 0.5) is 4.79 Å². The van der Waals surface area contributed by atoms with Gasteiger partial charge in [0.2, 0.25) is 5.91 Å². The molecule has 1 N–H and O–H groups in total. The molecule has 37 heavy (non-hydrogen) atoms. The Kier molecular flexibility index (Phi) is 9.59. The summed E-state index contributed by atoms with van der Waals surface area (Å²) in [6.45, 7) is 10.7. The SMILES string of the molecule is CCOc1ccccc1/C=C/C(=O)N1CCC2(CC1)CCN(C(=O)N[C@@H](COC(C)(C)C)C(=O)OC)C2. The molecule has 0 saturated carbocycles. The minimum atomic E-state index is -0.868. The zero-order valence-electron chi connectivity index (χ0n) is 22.7. The third kappa shape index (κ3) is 7.95. The smallest absolute Gasteiger partial charge is 0.330 e. The Morgan fingerprint density at radius 2 is 1.73 bits per heavy atom. The van der Waals surface area contributed by atoms with Crippen LogP contribution in [0.5, 0.6) is 5.75 Å². The van der Waals surface area contributed by atoms with Crippen LogP contribution in [-0.2, 0) is 19.1 Å². The van der Waals surface area contributed by atoms with Crippen molar-refractivity contribution in [2.45, 2.75) is 58.6 Å². The van der Waals surface area contributed by atoms with E-state index in [9.17, 15) is 14.4 Å². The monoisotopic (exact) mass is 515 g/mol. The maximum Gasteiger partial charge on any atom is 0.330 e. The third-order valence-corrected chi connectivity index (χ3v) is 6.95. The van der Waals surface area contributed by atoms with Gasteiger partial charge in [-0.1, -0.05) is 18.2 Å². The highest BCUT2D eigenvalue weighted by molar-refractivity contribution is 5.92. The van der Waals surface area contributed by atoms with Gasteiger partial charge in [0.1, 0.15) is 5.75 Å². The number of ether oxygens (including phenoxy) is 3. The highest BCUT2D eigenvalue weighted by Gasteiger charge is 2.43. The predicted octanol–water partition coefficient (Wildman–Crippen LogP) is 3.48. The number of likely N-dealkylation sites (tertiary alicyclic amines) is 2. The van der Waals surface area contributed by atoms with E-state index in [2.05, 4.69) is 5.32 Å². The van der Waals surface area contributed by atoms with Crippen molar-refractivity contribution in [3.05, 3.63) is 35.9 Å². The lowest BCUT2D eigenvalue weighted by atomic mass is 9.78. The summed E-state index contributed by atoms with van der Waals surface area (Å²) in [6, 6.07) is 6.49. The first-order chi connectivity index (χ1) is 17.6. The van der Waals surface area contributed by atoms with E-state index in [1.54, 1.807) is 17.1 Å². The van der Waals surface area contributed by atoms with E-state index in [-0.39, 0.29) is 24.0 Å². The van der Waals surface area contributed by atoms with Crippen LogP contribution in [-0.4, -0.2) is 85.9 Å². The first kappa shape index (κ1) is 28.5. The fraction of sp³-hybridized carbons (Fsp3) is 0.607. The Morgan fingerprint density at radius 1 is 1.08 bits per heavy atom. The molecule has 0 unspecified atom stereocenters. The predicted molar refractivity (Wildman–Crippen MR) is 141 cm³/mol. The van der Waals surface area contributed by atoms with E-state index >= 15 is 0 Å². The van der Waals surface area contributed by atoms with E-state index in [4.69, 9.17) is 14.2 Å². The number of hydrogen-bond acceptors (Lipinski definition) is 6. The number of piperidine rings is 1. The van der Waals surface area contributed by atoms with Crippen LogP contribution >= 0.6 is 0 Å². The number of benzene rings is 1. The number of amides is 3. The molecule has 2 saturated heterocycles. The summed E-state index contributed by atoms with van der Waals surface area (Å²) in [7, 11) is 1.30. The summed E-state index contributed by atoms with van der Waals surface area (Å²) < 4.78 is 16.2. The zero-order valence-corrected chi connectivity index (χ0v) is 22.7. The summed E-state index contributed by atoms with van der Waals surface area (Å²) in [5.41, 5.74) is 0.422. The second-order valence-electron chi connectivity index (χ2n) is 10.7. The molecular weight excluding hydrogens is 474 g/mol. The molecule has 9 nitrogen and oxygen atoms in total. The fourth-order valence-corrected chi connectivity index (χ4v) is 4.77. The molecule has 204 valence electrons. The van der Waals surface area contributed by atoms with Gasteiger partial charge in [0.25, 0.3) is 0 Å². The topological polar surface area (TPSA) is 97.4 Å². The molecule has 1 atom stereocenters. The molecule has 1 aromatic carbocycles. The molecule has 0 aliphatic carbocycles. The molecule has 1 aromatic rings. The highest BCUT2D eigenvalue weighted by Crippen LogP contribution is 2.40. The Hall–Kier alpha value is -3.07. The molecule has 2 fully saturated rings. The second-order valence-corrected chi connectivity index (χ2v) is 10.7. The number of hydrogen-bond donors (Lipinski definition) is 1. The van der Waals surface area contributed by atoms with E-state index in [1.807, 2.05) is 56.9 Å². The molecule has 2 aliphatic heterocycles. The number of urea groups is 1. The zero-order chi connectivity index (χ0) is 27.1. The van der Waals surface area contributed by atoms with Gasteiger partial charge in [0.15, 0.2) is 6.04 Å². The van der Waals surface area contributed by atoms with E-state index < -0.39 is 17.6 Å². The highest BCUT2D eigenvalue weighted by atomic mass is 16.5. The number of nitrogens with zero attached hydrogens (tertiary/aromatic N) is 2. The minimum Gasteiger partial charge on any atom is -0.493 e. The largest absolute Gasteiger partial charge is 0.493 e. The quantitative estimate of drug-likeness (QED) is 0.421. The molecule has 0 bridgehead atoms. The normalized spacial score (nSPS) is 18.2. The van der Waals surface area contributed by atoms with Gasteiger partial charge in [-0.15, -0.1) is 0 Å². The van der Waals surface area contributed by atoms with Crippen molar-refractivity contribution in [1.29, 1.82) is 0 Å². The number of carbonyl (C=O) groups excluding carboxylic acids is 3. The van der Waals surface area contributed by atoms with Crippen LogP contribution in [0.1, 0.15) is 52.5 Å². The fourth-order valence-electron chi connectivity index (χ4n) is 4.77. The van der Waals surface area contributed by atoms with Crippen molar-refractivity contribution in [1.82, 2.24) is 15.1 Å². The molecule has 3 amide bonds. The number of esters is 1. The molecular formula is C28H41N3O6. The molecule has 9 heteroatoms. The van der Waals surface area contributed by atoms with E-state index in [0.29, 0.717) is 32.8 Å². The summed E-state index contributed by atoms with van der Waals surface area (Å²) in [4.78, 5) is 41.6. The lowest BCUT2D eigenvalue weighted by Crippen LogP contribution is -2.51. The lowest BCUT2D eigenvalue weighted by molar-refractivity contribution is -0.146. The molecule has 2 aliphatic rings. The number of nitrogens with one attached hydrogen (secondary N) is 1. The van der Waals surface area contributed by atoms with Gasteiger partial charge in [-0.3, -0.25) is 4.79 Å². The van der Waals surface area contributed by atoms with Gasteiger partial charge in [-0.05, 0) is 64.5 Å². The van der Waals surface area contributed by atoms with Crippen molar-refractivity contribution in [3.63, 3.8) is 0 Å². The van der Waals surface area contributed by atoms with Crippen LogP contribution in [0.25, 0.3) is 6.08 Å². The summed E-state index contributed by atoms with van der Waals surface area (Å²) >= 11 is 0. The summed E-state index contributed by atoms with van der Waals surface area (Å²) in [5, 5.41) is 2.78.